The van der Waals surface area contributed by atoms with Gasteiger partial charge in [0.05, 0.1) is 18.2 Å². The fraction of sp³-hybridized carbons (Fsp3) is 0.174. The summed E-state index contributed by atoms with van der Waals surface area (Å²) in [5, 5.41) is 0.545. The number of ether oxygens (including phenoxy) is 1. The highest BCUT2D eigenvalue weighted by molar-refractivity contribution is 6.30. The number of benzene rings is 1. The van der Waals surface area contributed by atoms with Crippen molar-refractivity contribution in [1.82, 2.24) is 19.8 Å². The van der Waals surface area contributed by atoms with Crippen LogP contribution in [0.3, 0.4) is 0 Å². The van der Waals surface area contributed by atoms with Crippen LogP contribution in [0.5, 0.6) is 0 Å². The first-order valence-corrected chi connectivity index (χ1v) is 10.2. The van der Waals surface area contributed by atoms with Crippen LogP contribution in [0.2, 0.25) is 5.02 Å². The van der Waals surface area contributed by atoms with E-state index in [-0.39, 0.29) is 23.1 Å². The zero-order valence-corrected chi connectivity index (χ0v) is 17.7. The normalized spacial score (nSPS) is 19.0. The molecule has 2 aliphatic rings. The number of esters is 1. The highest BCUT2D eigenvalue weighted by atomic mass is 35.5. The number of nitrogens with zero attached hydrogens (tertiary/aromatic N) is 4. The largest absolute Gasteiger partial charge is 0.465 e. The van der Waals surface area contributed by atoms with Gasteiger partial charge in [-0.2, -0.15) is 0 Å². The van der Waals surface area contributed by atoms with E-state index in [1.165, 1.54) is 25.4 Å². The molecule has 0 aliphatic carbocycles. The van der Waals surface area contributed by atoms with Crippen LogP contribution in [0, 0.1) is 0 Å². The lowest BCUT2D eigenvalue weighted by Crippen LogP contribution is -2.51. The third-order valence-corrected chi connectivity index (χ3v) is 6.15. The van der Waals surface area contributed by atoms with Crippen LogP contribution in [-0.2, 0) is 10.4 Å². The fourth-order valence-corrected chi connectivity index (χ4v) is 4.63. The molecule has 160 valence electrons. The van der Waals surface area contributed by atoms with Gasteiger partial charge in [-0.05, 0) is 30.3 Å². The van der Waals surface area contributed by atoms with Gasteiger partial charge < -0.3 is 14.5 Å². The lowest BCUT2D eigenvalue weighted by molar-refractivity contribution is 0.0369. The fourth-order valence-electron chi connectivity index (χ4n) is 4.51. The molecule has 0 saturated carbocycles. The maximum atomic E-state index is 13.7. The van der Waals surface area contributed by atoms with Crippen LogP contribution >= 0.6 is 11.6 Å². The van der Waals surface area contributed by atoms with Gasteiger partial charge in [-0.25, -0.2) is 4.79 Å². The van der Waals surface area contributed by atoms with Gasteiger partial charge in [-0.3, -0.25) is 19.6 Å². The summed E-state index contributed by atoms with van der Waals surface area (Å²) in [6.45, 7) is 0.657. The summed E-state index contributed by atoms with van der Waals surface area (Å²) in [7, 11) is 1.28. The number of carbonyl (C=O) groups is 3. The van der Waals surface area contributed by atoms with Gasteiger partial charge in [-0.15, -0.1) is 0 Å². The van der Waals surface area contributed by atoms with Crippen molar-refractivity contribution >= 4 is 29.4 Å². The molecular formula is C23H17ClN4O4. The lowest BCUT2D eigenvalue weighted by atomic mass is 9.91. The minimum atomic E-state index is -1.16. The third-order valence-electron chi connectivity index (χ3n) is 5.90. The van der Waals surface area contributed by atoms with Crippen LogP contribution < -0.4 is 0 Å². The Morgan fingerprint density at radius 1 is 1.06 bits per heavy atom. The molecule has 0 N–H and O–H groups in total. The topological polar surface area (TPSA) is 92.7 Å². The van der Waals surface area contributed by atoms with Crippen LogP contribution in [0.1, 0.15) is 42.3 Å². The summed E-state index contributed by atoms with van der Waals surface area (Å²) in [5.74, 6) is -1.08. The first kappa shape index (κ1) is 20.1. The molecule has 1 aromatic carbocycles. The first-order chi connectivity index (χ1) is 15.5. The number of hydrogen-bond donors (Lipinski definition) is 0. The predicted molar refractivity (Wildman–Crippen MR) is 114 cm³/mol. The molecule has 8 nitrogen and oxygen atoms in total. The van der Waals surface area contributed by atoms with Gasteiger partial charge in [0, 0.05) is 47.8 Å². The van der Waals surface area contributed by atoms with Gasteiger partial charge >= 0.3 is 5.97 Å². The Morgan fingerprint density at radius 2 is 1.84 bits per heavy atom. The van der Waals surface area contributed by atoms with Gasteiger partial charge in [0.1, 0.15) is 5.69 Å². The standard InChI is InChI=1S/C23H17ClN4O4/c1-32-22(31)14-2-7-19(26-12-14)21(30)28-11-10-27-20(29)17-8-9-25-13-18(17)23(27,28)15-3-5-16(24)6-4-15/h2-9,12-13H,10-11H2,1H3. The SMILES string of the molecule is COC(=O)c1ccc(C(=O)N2CCN3C(=O)c4ccncc4C23c2ccc(Cl)cc2)nc1. The van der Waals surface area contributed by atoms with Crippen LogP contribution in [0.15, 0.2) is 61.1 Å². The zero-order valence-electron chi connectivity index (χ0n) is 17.0. The molecule has 1 fully saturated rings. The molecule has 0 spiro atoms. The Morgan fingerprint density at radius 3 is 2.53 bits per heavy atom. The molecule has 9 heteroatoms. The number of halogens is 1. The van der Waals surface area contributed by atoms with Gasteiger partial charge in [-0.1, -0.05) is 23.7 Å². The van der Waals surface area contributed by atoms with E-state index in [1.54, 1.807) is 40.4 Å². The highest BCUT2D eigenvalue weighted by Gasteiger charge is 2.60. The van der Waals surface area contributed by atoms with E-state index in [1.807, 2.05) is 12.1 Å². The Bertz CT molecular complexity index is 1250. The maximum Gasteiger partial charge on any atom is 0.339 e. The van der Waals surface area contributed by atoms with Crippen molar-refractivity contribution in [1.29, 1.82) is 0 Å². The van der Waals surface area contributed by atoms with Crippen LogP contribution in [-0.4, -0.2) is 57.8 Å². The zero-order chi connectivity index (χ0) is 22.5. The maximum absolute atomic E-state index is 13.7. The van der Waals surface area contributed by atoms with Crippen LogP contribution in [0.25, 0.3) is 0 Å². The lowest BCUT2D eigenvalue weighted by Gasteiger charge is -2.40. The summed E-state index contributed by atoms with van der Waals surface area (Å²) in [6.07, 6.45) is 4.49. The van der Waals surface area contributed by atoms with Crippen molar-refractivity contribution in [3.05, 3.63) is 94.0 Å². The van der Waals surface area contributed by atoms with Gasteiger partial charge in [0.2, 0.25) is 0 Å². The quantitative estimate of drug-likeness (QED) is 0.572. The number of rotatable bonds is 3. The number of amides is 2. The van der Waals surface area contributed by atoms with E-state index < -0.39 is 11.6 Å². The molecule has 0 bridgehead atoms. The number of carbonyl (C=O) groups excluding carboxylic acids is 3. The summed E-state index contributed by atoms with van der Waals surface area (Å²) < 4.78 is 4.69. The van der Waals surface area contributed by atoms with Crippen molar-refractivity contribution in [2.24, 2.45) is 0 Å². The van der Waals surface area contributed by atoms with Gasteiger partial charge in [0.15, 0.2) is 5.66 Å². The monoisotopic (exact) mass is 448 g/mol. The Balaban J connectivity index is 1.66. The molecule has 1 unspecified atom stereocenters. The molecule has 0 radical (unpaired) electrons. The number of hydrogen-bond acceptors (Lipinski definition) is 6. The van der Waals surface area contributed by atoms with E-state index >= 15 is 0 Å². The Hall–Kier alpha value is -3.78. The molecule has 1 atom stereocenters. The van der Waals surface area contributed by atoms with Crippen molar-refractivity contribution in [2.75, 3.05) is 20.2 Å². The number of fused-ring (bicyclic) bond motifs is 3. The van der Waals surface area contributed by atoms with Crippen molar-refractivity contribution in [3.63, 3.8) is 0 Å². The average molecular weight is 449 g/mol. The number of methoxy groups -OCH3 is 1. The second-order valence-electron chi connectivity index (χ2n) is 7.44. The molecule has 2 amide bonds. The summed E-state index contributed by atoms with van der Waals surface area (Å²) in [5.41, 5.74) is 1.08. The summed E-state index contributed by atoms with van der Waals surface area (Å²) >= 11 is 6.11. The molecule has 3 aromatic rings. The second kappa shape index (κ2) is 7.42. The van der Waals surface area contributed by atoms with E-state index in [4.69, 9.17) is 16.3 Å². The van der Waals surface area contributed by atoms with E-state index in [0.29, 0.717) is 29.2 Å². The third kappa shape index (κ3) is 2.73. The molecule has 32 heavy (non-hydrogen) atoms. The van der Waals surface area contributed by atoms with E-state index in [2.05, 4.69) is 9.97 Å². The predicted octanol–water partition coefficient (Wildman–Crippen LogP) is 2.73. The molecular weight excluding hydrogens is 432 g/mol. The summed E-state index contributed by atoms with van der Waals surface area (Å²) in [6, 6.07) is 11.7. The highest BCUT2D eigenvalue weighted by Crippen LogP contribution is 2.49. The Labute approximate surface area is 188 Å². The first-order valence-electron chi connectivity index (χ1n) is 9.87. The van der Waals surface area contributed by atoms with Crippen LogP contribution in [0.4, 0.5) is 0 Å². The summed E-state index contributed by atoms with van der Waals surface area (Å²) in [4.78, 5) is 50.4. The number of aromatic nitrogens is 2. The molecule has 5 rings (SSSR count). The molecule has 1 saturated heterocycles. The molecule has 2 aromatic heterocycles. The van der Waals surface area contributed by atoms with Crippen molar-refractivity contribution < 1.29 is 19.1 Å². The minimum absolute atomic E-state index is 0.151. The molecule has 4 heterocycles. The average Bonchev–Trinajstić information content (AvgIpc) is 3.34. The van der Waals surface area contributed by atoms with Gasteiger partial charge in [0.25, 0.3) is 11.8 Å². The molecule has 2 aliphatic heterocycles. The van der Waals surface area contributed by atoms with E-state index in [0.717, 1.165) is 5.56 Å². The van der Waals surface area contributed by atoms with Crippen molar-refractivity contribution in [2.45, 2.75) is 5.66 Å². The number of pyridine rings is 2. The van der Waals surface area contributed by atoms with Crippen molar-refractivity contribution in [3.8, 4) is 0 Å². The smallest absolute Gasteiger partial charge is 0.339 e. The Kier molecular flexibility index (Phi) is 4.67. The second-order valence-corrected chi connectivity index (χ2v) is 7.87. The minimum Gasteiger partial charge on any atom is -0.465 e. The van der Waals surface area contributed by atoms with E-state index in [9.17, 15) is 14.4 Å².